The molecule has 5 nitrogen and oxygen atoms in total. The Labute approximate surface area is 107 Å². The highest BCUT2D eigenvalue weighted by atomic mass is 16.3. The molecule has 1 unspecified atom stereocenters. The van der Waals surface area contributed by atoms with Gasteiger partial charge < -0.3 is 20.4 Å². The molecule has 1 fully saturated rings. The molecule has 0 radical (unpaired) electrons. The zero-order valence-corrected chi connectivity index (χ0v) is 10.8. The molecule has 1 aromatic rings. The van der Waals surface area contributed by atoms with Crippen molar-refractivity contribution in [2.75, 3.05) is 13.1 Å². The van der Waals surface area contributed by atoms with E-state index in [1.54, 1.807) is 11.2 Å². The molecule has 2 heterocycles. The van der Waals surface area contributed by atoms with Gasteiger partial charge in [-0.15, -0.1) is 0 Å². The number of likely N-dealkylation sites (tertiary alicyclic amines) is 1. The van der Waals surface area contributed by atoms with Gasteiger partial charge in [-0.25, -0.2) is 4.79 Å². The highest BCUT2D eigenvalue weighted by molar-refractivity contribution is 5.72. The number of amides is 2. The number of hydrogen-bond donors (Lipinski definition) is 2. The van der Waals surface area contributed by atoms with Crippen LogP contribution in [-0.4, -0.2) is 36.1 Å². The van der Waals surface area contributed by atoms with E-state index in [9.17, 15) is 4.79 Å². The van der Waals surface area contributed by atoms with Gasteiger partial charge in [-0.1, -0.05) is 0 Å². The number of rotatable bonds is 4. The van der Waals surface area contributed by atoms with Gasteiger partial charge in [-0.3, -0.25) is 0 Å². The van der Waals surface area contributed by atoms with Crippen LogP contribution in [0.1, 0.15) is 25.5 Å². The van der Waals surface area contributed by atoms with Crippen LogP contribution >= 0.6 is 0 Å². The predicted octanol–water partition coefficient (Wildman–Crippen LogP) is 1.34. The summed E-state index contributed by atoms with van der Waals surface area (Å²) in [6, 6.07) is 4.44. The zero-order chi connectivity index (χ0) is 13.0. The summed E-state index contributed by atoms with van der Waals surface area (Å²) >= 11 is 0. The van der Waals surface area contributed by atoms with Gasteiger partial charge in [0.25, 0.3) is 0 Å². The van der Waals surface area contributed by atoms with E-state index in [0.717, 1.165) is 38.1 Å². The summed E-state index contributed by atoms with van der Waals surface area (Å²) in [5, 5.41) is 3.58. The third-order valence-corrected chi connectivity index (χ3v) is 3.41. The van der Waals surface area contributed by atoms with Gasteiger partial charge in [0.2, 0.25) is 0 Å². The van der Waals surface area contributed by atoms with E-state index in [1.165, 1.54) is 0 Å². The van der Waals surface area contributed by atoms with Crippen LogP contribution in [0.3, 0.4) is 0 Å². The van der Waals surface area contributed by atoms with Crippen molar-refractivity contribution >= 4 is 6.03 Å². The Morgan fingerprint density at radius 2 is 2.33 bits per heavy atom. The van der Waals surface area contributed by atoms with E-state index in [0.29, 0.717) is 12.1 Å². The molecule has 0 bridgehead atoms. The standard InChI is InChI=1S/C13H21N3O2/c1-10(9-12-3-2-8-18-12)15-11-4-6-16(7-5-11)13(14)17/h2-3,8,10-11,15H,4-7,9H2,1H3,(H2,14,17). The number of furan rings is 1. The van der Waals surface area contributed by atoms with Crippen LogP contribution in [0.2, 0.25) is 0 Å². The number of piperidine rings is 1. The first-order valence-corrected chi connectivity index (χ1v) is 6.48. The number of nitrogens with one attached hydrogen (secondary N) is 1. The summed E-state index contributed by atoms with van der Waals surface area (Å²) in [4.78, 5) is 12.7. The predicted molar refractivity (Wildman–Crippen MR) is 69.2 cm³/mol. The first-order chi connectivity index (χ1) is 8.65. The lowest BCUT2D eigenvalue weighted by Gasteiger charge is -2.32. The largest absolute Gasteiger partial charge is 0.469 e. The normalized spacial score (nSPS) is 18.8. The van der Waals surface area contributed by atoms with Gasteiger partial charge in [-0.2, -0.15) is 0 Å². The molecule has 1 aliphatic rings. The molecule has 1 aromatic heterocycles. The number of nitrogens with zero attached hydrogens (tertiary/aromatic N) is 1. The average Bonchev–Trinajstić information content (AvgIpc) is 2.82. The Hall–Kier alpha value is -1.49. The third-order valence-electron chi connectivity index (χ3n) is 3.41. The minimum absolute atomic E-state index is 0.308. The second-order valence-corrected chi connectivity index (χ2v) is 4.95. The van der Waals surface area contributed by atoms with Crippen LogP contribution in [0.15, 0.2) is 22.8 Å². The van der Waals surface area contributed by atoms with Crippen molar-refractivity contribution < 1.29 is 9.21 Å². The Balaban J connectivity index is 1.72. The molecule has 1 saturated heterocycles. The molecule has 1 atom stereocenters. The quantitative estimate of drug-likeness (QED) is 0.848. The van der Waals surface area contributed by atoms with Crippen LogP contribution in [0.4, 0.5) is 4.79 Å². The second-order valence-electron chi connectivity index (χ2n) is 4.95. The first kappa shape index (κ1) is 13.0. The van der Waals surface area contributed by atoms with Crippen molar-refractivity contribution in [3.8, 4) is 0 Å². The number of nitrogens with two attached hydrogens (primary N) is 1. The van der Waals surface area contributed by atoms with E-state index in [1.807, 2.05) is 12.1 Å². The second kappa shape index (κ2) is 5.91. The molecular weight excluding hydrogens is 230 g/mol. The summed E-state index contributed by atoms with van der Waals surface area (Å²) in [5.74, 6) is 1.00. The van der Waals surface area contributed by atoms with Gasteiger partial charge >= 0.3 is 6.03 Å². The van der Waals surface area contributed by atoms with Crippen LogP contribution in [0, 0.1) is 0 Å². The van der Waals surface area contributed by atoms with Crippen LogP contribution in [0.25, 0.3) is 0 Å². The fraction of sp³-hybridized carbons (Fsp3) is 0.615. The molecule has 5 heteroatoms. The van der Waals surface area contributed by atoms with Crippen molar-refractivity contribution in [2.45, 2.75) is 38.3 Å². The minimum atomic E-state index is -0.308. The van der Waals surface area contributed by atoms with Crippen LogP contribution < -0.4 is 11.1 Å². The summed E-state index contributed by atoms with van der Waals surface area (Å²) in [7, 11) is 0. The van der Waals surface area contributed by atoms with Gasteiger partial charge in [0.1, 0.15) is 5.76 Å². The topological polar surface area (TPSA) is 71.5 Å². The van der Waals surface area contributed by atoms with E-state index in [2.05, 4.69) is 12.2 Å². The molecule has 1 aliphatic heterocycles. The lowest BCUT2D eigenvalue weighted by Crippen LogP contribution is -2.48. The van der Waals surface area contributed by atoms with E-state index >= 15 is 0 Å². The smallest absolute Gasteiger partial charge is 0.314 e. The lowest BCUT2D eigenvalue weighted by atomic mass is 10.0. The average molecular weight is 251 g/mol. The Morgan fingerprint density at radius 1 is 1.61 bits per heavy atom. The molecular formula is C13H21N3O2. The Kier molecular flexibility index (Phi) is 4.25. The Morgan fingerprint density at radius 3 is 2.89 bits per heavy atom. The molecule has 0 spiro atoms. The molecule has 3 N–H and O–H groups in total. The highest BCUT2D eigenvalue weighted by Crippen LogP contribution is 2.12. The van der Waals surface area contributed by atoms with E-state index in [-0.39, 0.29) is 6.03 Å². The van der Waals surface area contributed by atoms with Crippen molar-refractivity contribution in [3.63, 3.8) is 0 Å². The number of primary amides is 1. The molecule has 18 heavy (non-hydrogen) atoms. The Bertz CT molecular complexity index is 370. The number of hydrogen-bond acceptors (Lipinski definition) is 3. The van der Waals surface area contributed by atoms with Crippen molar-refractivity contribution in [1.29, 1.82) is 0 Å². The molecule has 0 aromatic carbocycles. The highest BCUT2D eigenvalue weighted by Gasteiger charge is 2.22. The fourth-order valence-electron chi connectivity index (χ4n) is 2.46. The van der Waals surface area contributed by atoms with Crippen LogP contribution in [-0.2, 0) is 6.42 Å². The van der Waals surface area contributed by atoms with Gasteiger partial charge in [0, 0.05) is 31.6 Å². The lowest BCUT2D eigenvalue weighted by molar-refractivity contribution is 0.182. The van der Waals surface area contributed by atoms with Gasteiger partial charge in [-0.05, 0) is 31.9 Å². The third kappa shape index (κ3) is 3.50. The van der Waals surface area contributed by atoms with Crippen molar-refractivity contribution in [1.82, 2.24) is 10.2 Å². The molecule has 0 saturated carbocycles. The maximum Gasteiger partial charge on any atom is 0.314 e. The summed E-state index contributed by atoms with van der Waals surface area (Å²) in [5.41, 5.74) is 5.26. The maximum absolute atomic E-state index is 11.0. The van der Waals surface area contributed by atoms with Crippen molar-refractivity contribution in [3.05, 3.63) is 24.2 Å². The minimum Gasteiger partial charge on any atom is -0.469 e. The summed E-state index contributed by atoms with van der Waals surface area (Å²) in [6.45, 7) is 3.66. The monoisotopic (exact) mass is 251 g/mol. The summed E-state index contributed by atoms with van der Waals surface area (Å²) in [6.07, 6.45) is 4.52. The SMILES string of the molecule is CC(Cc1ccco1)NC1CCN(C(N)=O)CC1. The fourth-order valence-corrected chi connectivity index (χ4v) is 2.46. The molecule has 2 rings (SSSR count). The zero-order valence-electron chi connectivity index (χ0n) is 10.8. The van der Waals surface area contributed by atoms with Crippen molar-refractivity contribution in [2.24, 2.45) is 5.73 Å². The number of urea groups is 1. The summed E-state index contributed by atoms with van der Waals surface area (Å²) < 4.78 is 5.33. The maximum atomic E-state index is 11.0. The molecule has 2 amide bonds. The molecule has 0 aliphatic carbocycles. The number of carbonyl (C=O) groups is 1. The van der Waals surface area contributed by atoms with E-state index in [4.69, 9.17) is 10.2 Å². The molecule has 100 valence electrons. The number of carbonyl (C=O) groups excluding carboxylic acids is 1. The van der Waals surface area contributed by atoms with Gasteiger partial charge in [0.15, 0.2) is 0 Å². The van der Waals surface area contributed by atoms with Gasteiger partial charge in [0.05, 0.1) is 6.26 Å². The van der Waals surface area contributed by atoms with E-state index < -0.39 is 0 Å². The first-order valence-electron chi connectivity index (χ1n) is 6.48. The van der Waals surface area contributed by atoms with Crippen LogP contribution in [0.5, 0.6) is 0 Å².